The van der Waals surface area contributed by atoms with Crippen LogP contribution < -0.4 is 5.32 Å². The summed E-state index contributed by atoms with van der Waals surface area (Å²) >= 11 is 7.05. The zero-order valence-electron chi connectivity index (χ0n) is 15.7. The minimum absolute atomic E-state index is 0.0733. The molecule has 2 rings (SSSR count). The quantitative estimate of drug-likeness (QED) is 0.330. The van der Waals surface area contributed by atoms with E-state index in [0.29, 0.717) is 23.6 Å². The highest BCUT2D eigenvalue weighted by Crippen LogP contribution is 2.33. The van der Waals surface area contributed by atoms with E-state index in [2.05, 4.69) is 15.3 Å². The molecule has 0 unspecified atom stereocenters. The number of ketones is 1. The van der Waals surface area contributed by atoms with Crippen molar-refractivity contribution in [2.24, 2.45) is 5.92 Å². The molecule has 0 aliphatic heterocycles. The van der Waals surface area contributed by atoms with E-state index in [0.717, 1.165) is 12.3 Å². The number of rotatable bonds is 8. The van der Waals surface area contributed by atoms with Crippen molar-refractivity contribution in [3.05, 3.63) is 46.7 Å². The third kappa shape index (κ3) is 7.01. The zero-order chi connectivity index (χ0) is 21.6. The lowest BCUT2D eigenvalue weighted by Gasteiger charge is -2.09. The molecule has 0 aromatic carbocycles. The summed E-state index contributed by atoms with van der Waals surface area (Å²) in [7, 11) is 0. The molecule has 0 saturated carbocycles. The van der Waals surface area contributed by atoms with Gasteiger partial charge in [-0.05, 0) is 30.4 Å². The Balaban J connectivity index is 1.87. The van der Waals surface area contributed by atoms with Crippen molar-refractivity contribution in [3.8, 4) is 0 Å². The Bertz CT molecular complexity index is 891. The molecular weight excluding hydrogens is 427 g/mol. The number of carbonyl (C=O) groups is 2. The van der Waals surface area contributed by atoms with Crippen molar-refractivity contribution in [3.63, 3.8) is 0 Å². The highest BCUT2D eigenvalue weighted by molar-refractivity contribution is 7.99. The van der Waals surface area contributed by atoms with E-state index in [1.807, 2.05) is 0 Å². The summed E-state index contributed by atoms with van der Waals surface area (Å²) in [4.78, 5) is 31.8. The average molecular weight is 446 g/mol. The molecule has 0 spiro atoms. The smallest absolute Gasteiger partial charge is 0.310 e. The summed E-state index contributed by atoms with van der Waals surface area (Å²) in [5.74, 6) is 0.244. The molecule has 0 bridgehead atoms. The Labute approximate surface area is 175 Å². The molecule has 0 fully saturated rings. The standard InChI is InChI=1S/C19H19ClF3N3O2S/c1-11(2)17(28)26-16-8-12(5-6-24-16)15(27)4-3-7-29-18-14(20)9-13(10-25-18)19(21,22)23/h5-6,8-11H,3-4,7H2,1-2H3,(H,24,26,28). The van der Waals surface area contributed by atoms with Gasteiger partial charge in [-0.25, -0.2) is 9.97 Å². The van der Waals surface area contributed by atoms with Crippen LogP contribution in [-0.2, 0) is 11.0 Å². The number of thioether (sulfide) groups is 1. The first-order valence-corrected chi connectivity index (χ1v) is 10.1. The van der Waals surface area contributed by atoms with E-state index in [1.165, 1.54) is 24.0 Å². The van der Waals surface area contributed by atoms with E-state index >= 15 is 0 Å². The van der Waals surface area contributed by atoms with Gasteiger partial charge in [0.1, 0.15) is 10.8 Å². The number of hydrogen-bond donors (Lipinski definition) is 1. The van der Waals surface area contributed by atoms with E-state index < -0.39 is 11.7 Å². The van der Waals surface area contributed by atoms with E-state index in [9.17, 15) is 22.8 Å². The molecule has 5 nitrogen and oxygen atoms in total. The predicted molar refractivity (Wildman–Crippen MR) is 106 cm³/mol. The van der Waals surface area contributed by atoms with Gasteiger partial charge in [0.2, 0.25) is 5.91 Å². The summed E-state index contributed by atoms with van der Waals surface area (Å²) in [6, 6.07) is 3.92. The number of nitrogens with zero attached hydrogens (tertiary/aromatic N) is 2. The topological polar surface area (TPSA) is 72.0 Å². The Hall–Kier alpha value is -2.13. The maximum atomic E-state index is 12.6. The molecule has 2 aromatic rings. The number of anilines is 1. The maximum absolute atomic E-state index is 12.6. The number of nitrogens with one attached hydrogen (secondary N) is 1. The lowest BCUT2D eigenvalue weighted by atomic mass is 10.1. The molecule has 2 heterocycles. The molecule has 29 heavy (non-hydrogen) atoms. The second kappa shape index (κ2) is 10.1. The van der Waals surface area contributed by atoms with Crippen molar-refractivity contribution >= 4 is 40.9 Å². The monoisotopic (exact) mass is 445 g/mol. The van der Waals surface area contributed by atoms with Crippen LogP contribution in [0.5, 0.6) is 0 Å². The molecule has 0 aliphatic rings. The first kappa shape index (κ1) is 23.2. The van der Waals surface area contributed by atoms with Crippen molar-refractivity contribution in [2.75, 3.05) is 11.1 Å². The number of pyridine rings is 2. The molecule has 0 radical (unpaired) electrons. The Kier molecular flexibility index (Phi) is 8.04. The highest BCUT2D eigenvalue weighted by Gasteiger charge is 2.31. The van der Waals surface area contributed by atoms with Crippen LogP contribution in [0.2, 0.25) is 5.02 Å². The molecule has 10 heteroatoms. The summed E-state index contributed by atoms with van der Waals surface area (Å²) in [5, 5.41) is 2.85. The summed E-state index contributed by atoms with van der Waals surface area (Å²) in [5.41, 5.74) is -0.477. The number of halogens is 4. The van der Waals surface area contributed by atoms with Crippen molar-refractivity contribution < 1.29 is 22.8 Å². The predicted octanol–water partition coefficient (Wildman–Crippen LogP) is 5.50. The second-order valence-electron chi connectivity index (χ2n) is 6.46. The van der Waals surface area contributed by atoms with E-state index in [-0.39, 0.29) is 34.1 Å². The van der Waals surface area contributed by atoms with Gasteiger partial charge < -0.3 is 5.32 Å². The third-order valence-electron chi connectivity index (χ3n) is 3.78. The molecule has 2 aromatic heterocycles. The number of carbonyl (C=O) groups excluding carboxylic acids is 2. The summed E-state index contributed by atoms with van der Waals surface area (Å²) in [6.45, 7) is 3.50. The molecule has 156 valence electrons. The SMILES string of the molecule is CC(C)C(=O)Nc1cc(C(=O)CCCSc2ncc(C(F)(F)F)cc2Cl)ccn1. The molecule has 0 aliphatic carbocycles. The van der Waals surface area contributed by atoms with Crippen LogP contribution in [0.4, 0.5) is 19.0 Å². The first-order chi connectivity index (χ1) is 13.6. The van der Waals surface area contributed by atoms with Crippen LogP contribution in [0.15, 0.2) is 35.6 Å². The fourth-order valence-electron chi connectivity index (χ4n) is 2.18. The van der Waals surface area contributed by atoms with Gasteiger partial charge in [0, 0.05) is 30.3 Å². The third-order valence-corrected chi connectivity index (χ3v) is 5.27. The zero-order valence-corrected chi connectivity index (χ0v) is 17.3. The van der Waals surface area contributed by atoms with Crippen LogP contribution in [-0.4, -0.2) is 27.4 Å². The minimum Gasteiger partial charge on any atom is -0.310 e. The molecule has 1 N–H and O–H groups in total. The Morgan fingerprint density at radius 2 is 1.97 bits per heavy atom. The van der Waals surface area contributed by atoms with Crippen molar-refractivity contribution in [1.29, 1.82) is 0 Å². The van der Waals surface area contributed by atoms with Crippen LogP contribution in [0.25, 0.3) is 0 Å². The average Bonchev–Trinajstić information content (AvgIpc) is 2.65. The van der Waals surface area contributed by atoms with Crippen molar-refractivity contribution in [1.82, 2.24) is 9.97 Å². The minimum atomic E-state index is -4.50. The van der Waals surface area contributed by atoms with Crippen LogP contribution >= 0.6 is 23.4 Å². The number of amides is 1. The van der Waals surface area contributed by atoms with Gasteiger partial charge in [0.25, 0.3) is 0 Å². The van der Waals surface area contributed by atoms with Crippen LogP contribution in [0.1, 0.15) is 42.6 Å². The number of alkyl halides is 3. The summed E-state index contributed by atoms with van der Waals surface area (Å²) < 4.78 is 37.9. The fourth-order valence-corrected chi connectivity index (χ4v) is 3.31. The fraction of sp³-hybridized carbons (Fsp3) is 0.368. The van der Waals surface area contributed by atoms with E-state index in [1.54, 1.807) is 19.9 Å². The van der Waals surface area contributed by atoms with Gasteiger partial charge in [0.05, 0.1) is 10.6 Å². The molecule has 0 saturated heterocycles. The summed E-state index contributed by atoms with van der Waals surface area (Å²) in [6.07, 6.45) is -1.59. The second-order valence-corrected chi connectivity index (χ2v) is 7.95. The highest BCUT2D eigenvalue weighted by atomic mass is 35.5. The van der Waals surface area contributed by atoms with Gasteiger partial charge in [-0.15, -0.1) is 11.8 Å². The van der Waals surface area contributed by atoms with Gasteiger partial charge >= 0.3 is 6.18 Å². The molecular formula is C19H19ClF3N3O2S. The number of hydrogen-bond acceptors (Lipinski definition) is 5. The van der Waals surface area contributed by atoms with Gasteiger partial charge in [-0.3, -0.25) is 9.59 Å². The Morgan fingerprint density at radius 1 is 1.24 bits per heavy atom. The van der Waals surface area contributed by atoms with Gasteiger partial charge in [-0.2, -0.15) is 13.2 Å². The number of Topliss-reactive ketones (excluding diaryl/α,β-unsaturated/α-hetero) is 1. The normalized spacial score (nSPS) is 11.6. The maximum Gasteiger partial charge on any atom is 0.417 e. The largest absolute Gasteiger partial charge is 0.417 e. The van der Waals surface area contributed by atoms with Crippen LogP contribution in [0.3, 0.4) is 0 Å². The van der Waals surface area contributed by atoms with Crippen molar-refractivity contribution in [2.45, 2.75) is 37.9 Å². The molecule has 0 atom stereocenters. The first-order valence-electron chi connectivity index (χ1n) is 8.73. The molecule has 1 amide bonds. The van der Waals surface area contributed by atoms with Gasteiger partial charge in [0.15, 0.2) is 5.78 Å². The lowest BCUT2D eigenvalue weighted by molar-refractivity contribution is -0.137. The lowest BCUT2D eigenvalue weighted by Crippen LogP contribution is -2.18. The van der Waals surface area contributed by atoms with Gasteiger partial charge in [-0.1, -0.05) is 25.4 Å². The Morgan fingerprint density at radius 3 is 2.59 bits per heavy atom. The van der Waals surface area contributed by atoms with E-state index in [4.69, 9.17) is 11.6 Å². The van der Waals surface area contributed by atoms with Crippen LogP contribution in [0, 0.1) is 5.92 Å². The number of aromatic nitrogens is 2.